The molecule has 0 saturated carbocycles. The number of carboxylic acids is 1. The van der Waals surface area contributed by atoms with E-state index in [-0.39, 0.29) is 5.91 Å². The van der Waals surface area contributed by atoms with Crippen molar-refractivity contribution in [2.75, 3.05) is 11.4 Å². The summed E-state index contributed by atoms with van der Waals surface area (Å²) < 4.78 is 0. The van der Waals surface area contributed by atoms with Crippen molar-refractivity contribution in [3.8, 4) is 0 Å². The van der Waals surface area contributed by atoms with Crippen LogP contribution in [0.25, 0.3) is 6.08 Å². The molecular formula is C14H15NO3. The van der Waals surface area contributed by atoms with Gasteiger partial charge in [-0.15, -0.1) is 0 Å². The van der Waals surface area contributed by atoms with Crippen molar-refractivity contribution in [1.82, 2.24) is 0 Å². The zero-order chi connectivity index (χ0) is 13.0. The van der Waals surface area contributed by atoms with Gasteiger partial charge in [0.2, 0.25) is 5.91 Å². The summed E-state index contributed by atoms with van der Waals surface area (Å²) in [6, 6.07) is 7.34. The Morgan fingerprint density at radius 1 is 1.22 bits per heavy atom. The first-order chi connectivity index (χ1) is 8.66. The molecule has 4 nitrogen and oxygen atoms in total. The molecule has 1 fully saturated rings. The molecule has 0 atom stereocenters. The van der Waals surface area contributed by atoms with Crippen molar-refractivity contribution in [1.29, 1.82) is 0 Å². The topological polar surface area (TPSA) is 57.6 Å². The summed E-state index contributed by atoms with van der Waals surface area (Å²) in [5, 5.41) is 8.53. The first-order valence-corrected chi connectivity index (χ1v) is 5.98. The molecule has 94 valence electrons. The van der Waals surface area contributed by atoms with E-state index >= 15 is 0 Å². The molecule has 1 aromatic rings. The van der Waals surface area contributed by atoms with Gasteiger partial charge in [-0.05, 0) is 36.6 Å². The van der Waals surface area contributed by atoms with E-state index in [1.807, 2.05) is 24.3 Å². The van der Waals surface area contributed by atoms with Gasteiger partial charge in [0.25, 0.3) is 0 Å². The summed E-state index contributed by atoms with van der Waals surface area (Å²) in [7, 11) is 0. The van der Waals surface area contributed by atoms with Gasteiger partial charge >= 0.3 is 5.97 Å². The van der Waals surface area contributed by atoms with Crippen molar-refractivity contribution in [3.05, 3.63) is 35.9 Å². The molecule has 0 spiro atoms. The lowest BCUT2D eigenvalue weighted by atomic mass is 10.1. The molecule has 4 heteroatoms. The highest BCUT2D eigenvalue weighted by molar-refractivity contribution is 5.94. The largest absolute Gasteiger partial charge is 0.478 e. The number of carbonyl (C=O) groups is 2. The van der Waals surface area contributed by atoms with Crippen molar-refractivity contribution in [2.24, 2.45) is 0 Å². The molecule has 0 bridgehead atoms. The average molecular weight is 245 g/mol. The number of piperidine rings is 1. The molecule has 1 heterocycles. The minimum atomic E-state index is -0.967. The number of benzene rings is 1. The van der Waals surface area contributed by atoms with Gasteiger partial charge in [-0.25, -0.2) is 4.79 Å². The van der Waals surface area contributed by atoms with E-state index in [9.17, 15) is 9.59 Å². The Kier molecular flexibility index (Phi) is 3.77. The SMILES string of the molecule is O=C(O)C=Cc1ccc(N2CCCCC2=O)cc1. The summed E-state index contributed by atoms with van der Waals surface area (Å²) in [5.74, 6) is -0.805. The van der Waals surface area contributed by atoms with Crippen LogP contribution in [-0.2, 0) is 9.59 Å². The predicted octanol–water partition coefficient (Wildman–Crippen LogP) is 2.30. The zero-order valence-corrected chi connectivity index (χ0v) is 10.0. The highest BCUT2D eigenvalue weighted by Gasteiger charge is 2.18. The molecule has 1 aliphatic rings. The van der Waals surface area contributed by atoms with Gasteiger partial charge < -0.3 is 10.0 Å². The van der Waals surface area contributed by atoms with E-state index in [2.05, 4.69) is 0 Å². The summed E-state index contributed by atoms with van der Waals surface area (Å²) in [6.45, 7) is 0.767. The maximum absolute atomic E-state index is 11.7. The lowest BCUT2D eigenvalue weighted by molar-refractivity contribution is -0.131. The Bertz CT molecular complexity index is 476. The fourth-order valence-electron chi connectivity index (χ4n) is 2.01. The van der Waals surface area contributed by atoms with Crippen LogP contribution in [0.1, 0.15) is 24.8 Å². The van der Waals surface area contributed by atoms with Crippen LogP contribution >= 0.6 is 0 Å². The smallest absolute Gasteiger partial charge is 0.328 e. The van der Waals surface area contributed by atoms with Crippen molar-refractivity contribution in [3.63, 3.8) is 0 Å². The molecule has 0 aromatic heterocycles. The van der Waals surface area contributed by atoms with Gasteiger partial charge in [0.15, 0.2) is 0 Å². The first-order valence-electron chi connectivity index (χ1n) is 5.98. The number of carboxylic acid groups (broad SMARTS) is 1. The molecule has 1 saturated heterocycles. The molecule has 0 radical (unpaired) electrons. The van der Waals surface area contributed by atoms with E-state index in [1.165, 1.54) is 6.08 Å². The third kappa shape index (κ3) is 2.97. The summed E-state index contributed by atoms with van der Waals surface area (Å²) in [4.78, 5) is 23.9. The summed E-state index contributed by atoms with van der Waals surface area (Å²) in [6.07, 6.45) is 5.24. The lowest BCUT2D eigenvalue weighted by Gasteiger charge is -2.26. The Hall–Kier alpha value is -2.10. The van der Waals surface area contributed by atoms with Crippen LogP contribution in [0.5, 0.6) is 0 Å². The van der Waals surface area contributed by atoms with Crippen molar-refractivity contribution in [2.45, 2.75) is 19.3 Å². The molecule has 18 heavy (non-hydrogen) atoms. The summed E-state index contributed by atoms with van der Waals surface area (Å²) >= 11 is 0. The number of aliphatic carboxylic acids is 1. The number of nitrogens with zero attached hydrogens (tertiary/aromatic N) is 1. The monoisotopic (exact) mass is 245 g/mol. The Morgan fingerprint density at radius 2 is 1.94 bits per heavy atom. The van der Waals surface area contributed by atoms with E-state index in [4.69, 9.17) is 5.11 Å². The zero-order valence-electron chi connectivity index (χ0n) is 10.0. The van der Waals surface area contributed by atoms with Crippen molar-refractivity contribution < 1.29 is 14.7 Å². The molecule has 0 unspecified atom stereocenters. The van der Waals surface area contributed by atoms with Crippen LogP contribution < -0.4 is 4.90 Å². The number of amides is 1. The molecule has 2 rings (SSSR count). The van der Waals surface area contributed by atoms with Crippen LogP contribution in [0, 0.1) is 0 Å². The maximum atomic E-state index is 11.7. The minimum absolute atomic E-state index is 0.162. The van der Waals surface area contributed by atoms with Gasteiger partial charge in [-0.1, -0.05) is 12.1 Å². The normalized spacial score (nSPS) is 16.2. The fraction of sp³-hybridized carbons (Fsp3) is 0.286. The Labute approximate surface area is 106 Å². The van der Waals surface area contributed by atoms with E-state index in [0.29, 0.717) is 6.42 Å². The van der Waals surface area contributed by atoms with Crippen LogP contribution in [0.15, 0.2) is 30.3 Å². The molecule has 1 N–H and O–H groups in total. The highest BCUT2D eigenvalue weighted by Crippen LogP contribution is 2.21. The van der Waals surface area contributed by atoms with Crippen molar-refractivity contribution >= 4 is 23.6 Å². The number of rotatable bonds is 3. The number of hydrogen-bond donors (Lipinski definition) is 1. The van der Waals surface area contributed by atoms with Gasteiger partial charge in [0, 0.05) is 24.7 Å². The standard InChI is InChI=1S/C14H15NO3/c16-13-3-1-2-10-15(13)12-7-4-11(5-8-12)6-9-14(17)18/h4-9H,1-3,10H2,(H,17,18). The Morgan fingerprint density at radius 3 is 2.56 bits per heavy atom. The van der Waals surface area contributed by atoms with Gasteiger partial charge in [-0.3, -0.25) is 4.79 Å². The minimum Gasteiger partial charge on any atom is -0.478 e. The molecular weight excluding hydrogens is 230 g/mol. The lowest BCUT2D eigenvalue weighted by Crippen LogP contribution is -2.35. The summed E-state index contributed by atoms with van der Waals surface area (Å²) in [5.41, 5.74) is 1.69. The van der Waals surface area contributed by atoms with Crippen LogP contribution in [0.4, 0.5) is 5.69 Å². The van der Waals surface area contributed by atoms with E-state index in [1.54, 1.807) is 4.90 Å². The van der Waals surface area contributed by atoms with Crippen LogP contribution in [0.2, 0.25) is 0 Å². The second kappa shape index (κ2) is 5.49. The third-order valence-corrected chi connectivity index (χ3v) is 2.95. The quantitative estimate of drug-likeness (QED) is 0.831. The predicted molar refractivity (Wildman–Crippen MR) is 69.3 cm³/mol. The number of carbonyl (C=O) groups excluding carboxylic acids is 1. The third-order valence-electron chi connectivity index (χ3n) is 2.95. The van der Waals surface area contributed by atoms with E-state index in [0.717, 1.165) is 36.7 Å². The number of anilines is 1. The second-order valence-electron chi connectivity index (χ2n) is 4.27. The molecule has 1 aliphatic heterocycles. The van der Waals surface area contributed by atoms with Crippen LogP contribution in [0.3, 0.4) is 0 Å². The van der Waals surface area contributed by atoms with Gasteiger partial charge in [0.1, 0.15) is 0 Å². The maximum Gasteiger partial charge on any atom is 0.328 e. The van der Waals surface area contributed by atoms with E-state index < -0.39 is 5.97 Å². The molecule has 0 aliphatic carbocycles. The van der Waals surface area contributed by atoms with Gasteiger partial charge in [0.05, 0.1) is 0 Å². The van der Waals surface area contributed by atoms with Crippen LogP contribution in [-0.4, -0.2) is 23.5 Å². The average Bonchev–Trinajstić information content (AvgIpc) is 2.38. The first kappa shape index (κ1) is 12.4. The molecule has 1 amide bonds. The second-order valence-corrected chi connectivity index (χ2v) is 4.27. The number of hydrogen-bond acceptors (Lipinski definition) is 2. The fourth-order valence-corrected chi connectivity index (χ4v) is 2.01. The highest BCUT2D eigenvalue weighted by atomic mass is 16.4. The van der Waals surface area contributed by atoms with Gasteiger partial charge in [-0.2, -0.15) is 0 Å². The Balaban J connectivity index is 2.11. The molecule has 1 aromatic carbocycles.